The normalized spacial score (nSPS) is 19.5. The van der Waals surface area contributed by atoms with Gasteiger partial charge in [0, 0.05) is 11.1 Å². The molecule has 7 nitrogen and oxygen atoms in total. The van der Waals surface area contributed by atoms with Crippen LogP contribution in [0.2, 0.25) is 0 Å². The molecule has 3 aromatic rings. The Morgan fingerprint density at radius 1 is 1.00 bits per heavy atom. The zero-order valence-electron chi connectivity index (χ0n) is 17.9. The van der Waals surface area contributed by atoms with E-state index in [1.807, 2.05) is 4.68 Å². The fourth-order valence-electron chi connectivity index (χ4n) is 5.16. The summed E-state index contributed by atoms with van der Waals surface area (Å²) in [5.74, 6) is 0.817. The summed E-state index contributed by atoms with van der Waals surface area (Å²) in [7, 11) is 0. The molecule has 2 aromatic heterocycles. The number of rotatable bonds is 4. The molecule has 0 spiro atoms. The minimum absolute atomic E-state index is 0.0409. The molecule has 0 radical (unpaired) electrons. The number of pyridine rings is 1. The first-order valence-electron chi connectivity index (χ1n) is 11.3. The minimum atomic E-state index is -0.209. The standard InChI is InChI=1S/C23H30N6O/c1-15-12-17-14-19(23(30)24-20(17)13-16(15)2)21(28-10-6-7-11-28)22-25-26-27-29(22)18-8-4-3-5-9-18/h12-14,18,21H,3-11H2,1-2H3,(H,24,30). The van der Waals surface area contributed by atoms with Crippen LogP contribution < -0.4 is 5.56 Å². The van der Waals surface area contributed by atoms with Gasteiger partial charge in [0.1, 0.15) is 6.04 Å². The van der Waals surface area contributed by atoms with Gasteiger partial charge in [-0.3, -0.25) is 9.69 Å². The van der Waals surface area contributed by atoms with Crippen molar-refractivity contribution in [2.75, 3.05) is 13.1 Å². The highest BCUT2D eigenvalue weighted by atomic mass is 16.1. The molecule has 30 heavy (non-hydrogen) atoms. The molecule has 1 aliphatic carbocycles. The fourth-order valence-corrected chi connectivity index (χ4v) is 5.16. The van der Waals surface area contributed by atoms with E-state index < -0.39 is 0 Å². The van der Waals surface area contributed by atoms with Crippen molar-refractivity contribution < 1.29 is 0 Å². The Bertz CT molecular complexity index is 1100. The number of nitrogens with zero attached hydrogens (tertiary/aromatic N) is 5. The minimum Gasteiger partial charge on any atom is -0.322 e. The van der Waals surface area contributed by atoms with Crippen LogP contribution in [0.3, 0.4) is 0 Å². The number of aryl methyl sites for hydroxylation is 2. The van der Waals surface area contributed by atoms with Crippen molar-refractivity contribution in [1.29, 1.82) is 0 Å². The summed E-state index contributed by atoms with van der Waals surface area (Å²) < 4.78 is 2.02. The van der Waals surface area contributed by atoms with Crippen LogP contribution in [0, 0.1) is 13.8 Å². The van der Waals surface area contributed by atoms with E-state index in [0.29, 0.717) is 6.04 Å². The number of H-pyrrole nitrogens is 1. The first-order chi connectivity index (χ1) is 14.6. The number of aromatic nitrogens is 5. The molecule has 158 valence electrons. The predicted molar refractivity (Wildman–Crippen MR) is 117 cm³/mol. The first kappa shape index (κ1) is 19.4. The van der Waals surface area contributed by atoms with Crippen LogP contribution in [0.4, 0.5) is 0 Å². The van der Waals surface area contributed by atoms with E-state index in [0.717, 1.165) is 61.1 Å². The maximum Gasteiger partial charge on any atom is 0.253 e. The van der Waals surface area contributed by atoms with Crippen molar-refractivity contribution in [3.05, 3.63) is 51.1 Å². The lowest BCUT2D eigenvalue weighted by atomic mass is 9.95. The van der Waals surface area contributed by atoms with Gasteiger partial charge >= 0.3 is 0 Å². The van der Waals surface area contributed by atoms with Crippen LogP contribution in [-0.4, -0.2) is 43.2 Å². The third-order valence-corrected chi connectivity index (χ3v) is 6.97. The van der Waals surface area contributed by atoms with Gasteiger partial charge in [-0.1, -0.05) is 19.3 Å². The van der Waals surface area contributed by atoms with E-state index in [2.05, 4.69) is 57.5 Å². The van der Waals surface area contributed by atoms with Crippen LogP contribution in [0.5, 0.6) is 0 Å². The maximum atomic E-state index is 13.3. The molecule has 5 rings (SSSR count). The zero-order valence-corrected chi connectivity index (χ0v) is 17.9. The Kier molecular flexibility index (Phi) is 5.15. The Hall–Kier alpha value is -2.54. The number of benzene rings is 1. The largest absolute Gasteiger partial charge is 0.322 e. The summed E-state index contributed by atoms with van der Waals surface area (Å²) in [6, 6.07) is 6.41. The van der Waals surface area contributed by atoms with Gasteiger partial charge in [-0.25, -0.2) is 4.68 Å². The molecular weight excluding hydrogens is 376 g/mol. The summed E-state index contributed by atoms with van der Waals surface area (Å²) in [5.41, 5.74) is 4.01. The van der Waals surface area contributed by atoms with Gasteiger partial charge in [0.2, 0.25) is 0 Å². The van der Waals surface area contributed by atoms with E-state index in [1.165, 1.54) is 30.4 Å². The second kappa shape index (κ2) is 7.95. The molecule has 1 aliphatic heterocycles. The van der Waals surface area contributed by atoms with Crippen molar-refractivity contribution in [3.63, 3.8) is 0 Å². The number of hydrogen-bond acceptors (Lipinski definition) is 5. The fraction of sp³-hybridized carbons (Fsp3) is 0.565. The van der Waals surface area contributed by atoms with Gasteiger partial charge in [-0.15, -0.1) is 5.10 Å². The van der Waals surface area contributed by atoms with Gasteiger partial charge < -0.3 is 4.98 Å². The van der Waals surface area contributed by atoms with E-state index in [1.54, 1.807) is 0 Å². The smallest absolute Gasteiger partial charge is 0.253 e. The predicted octanol–water partition coefficient (Wildman–Crippen LogP) is 3.82. The summed E-state index contributed by atoms with van der Waals surface area (Å²) >= 11 is 0. The van der Waals surface area contributed by atoms with Crippen molar-refractivity contribution >= 4 is 10.9 Å². The molecule has 0 amide bonds. The summed E-state index contributed by atoms with van der Waals surface area (Å²) in [6.07, 6.45) is 8.22. The Labute approximate surface area is 176 Å². The van der Waals surface area contributed by atoms with Crippen LogP contribution in [-0.2, 0) is 0 Å². The summed E-state index contributed by atoms with van der Waals surface area (Å²) in [6.45, 7) is 6.12. The summed E-state index contributed by atoms with van der Waals surface area (Å²) in [5, 5.41) is 14.0. The average Bonchev–Trinajstić information content (AvgIpc) is 3.44. The highest BCUT2D eigenvalue weighted by Gasteiger charge is 2.33. The number of likely N-dealkylation sites (tertiary alicyclic amines) is 1. The summed E-state index contributed by atoms with van der Waals surface area (Å²) in [4.78, 5) is 18.8. The molecule has 1 unspecified atom stereocenters. The van der Waals surface area contributed by atoms with Gasteiger partial charge in [-0.05, 0) is 97.8 Å². The molecule has 1 saturated heterocycles. The number of aromatic amines is 1. The van der Waals surface area contributed by atoms with Crippen molar-refractivity contribution in [2.45, 2.75) is 70.9 Å². The molecule has 1 atom stereocenters. The zero-order chi connectivity index (χ0) is 20.7. The lowest BCUT2D eigenvalue weighted by Gasteiger charge is -2.29. The van der Waals surface area contributed by atoms with E-state index in [-0.39, 0.29) is 11.6 Å². The van der Waals surface area contributed by atoms with Crippen LogP contribution in [0.15, 0.2) is 23.0 Å². The Morgan fingerprint density at radius 3 is 2.50 bits per heavy atom. The third kappa shape index (κ3) is 3.45. The van der Waals surface area contributed by atoms with Crippen molar-refractivity contribution in [3.8, 4) is 0 Å². The van der Waals surface area contributed by atoms with E-state index in [9.17, 15) is 4.79 Å². The molecule has 1 saturated carbocycles. The van der Waals surface area contributed by atoms with Crippen LogP contribution in [0.25, 0.3) is 10.9 Å². The number of nitrogens with one attached hydrogen (secondary N) is 1. The second-order valence-corrected chi connectivity index (χ2v) is 9.00. The number of fused-ring (bicyclic) bond motifs is 1. The van der Waals surface area contributed by atoms with E-state index >= 15 is 0 Å². The molecule has 7 heteroatoms. The molecule has 3 heterocycles. The average molecular weight is 407 g/mol. The van der Waals surface area contributed by atoms with Crippen molar-refractivity contribution in [2.24, 2.45) is 0 Å². The molecule has 2 aliphatic rings. The highest BCUT2D eigenvalue weighted by Crippen LogP contribution is 2.34. The Morgan fingerprint density at radius 2 is 1.73 bits per heavy atom. The third-order valence-electron chi connectivity index (χ3n) is 6.97. The second-order valence-electron chi connectivity index (χ2n) is 9.00. The molecule has 1 N–H and O–H groups in total. The van der Waals surface area contributed by atoms with Gasteiger partial charge in [0.25, 0.3) is 5.56 Å². The van der Waals surface area contributed by atoms with E-state index in [4.69, 9.17) is 0 Å². The molecule has 2 fully saturated rings. The number of tetrazole rings is 1. The van der Waals surface area contributed by atoms with Gasteiger partial charge in [0.05, 0.1) is 6.04 Å². The van der Waals surface area contributed by atoms with Crippen LogP contribution in [0.1, 0.15) is 79.5 Å². The van der Waals surface area contributed by atoms with Crippen molar-refractivity contribution in [1.82, 2.24) is 30.1 Å². The number of hydrogen-bond donors (Lipinski definition) is 1. The maximum absolute atomic E-state index is 13.3. The lowest BCUT2D eigenvalue weighted by Crippen LogP contribution is -2.34. The SMILES string of the molecule is Cc1cc2cc(C(c3nnnn3C3CCCCC3)N3CCCC3)c(=O)[nH]c2cc1C. The molecule has 1 aromatic carbocycles. The Balaban J connectivity index is 1.64. The van der Waals surface area contributed by atoms with Crippen LogP contribution >= 0.6 is 0 Å². The molecule has 0 bridgehead atoms. The molecular formula is C23H30N6O. The lowest BCUT2D eigenvalue weighted by molar-refractivity contribution is 0.243. The quantitative estimate of drug-likeness (QED) is 0.712. The van der Waals surface area contributed by atoms with Gasteiger partial charge in [0.15, 0.2) is 5.82 Å². The van der Waals surface area contributed by atoms with Gasteiger partial charge in [-0.2, -0.15) is 0 Å². The topological polar surface area (TPSA) is 79.7 Å². The first-order valence-corrected chi connectivity index (χ1v) is 11.3. The highest BCUT2D eigenvalue weighted by molar-refractivity contribution is 5.81. The monoisotopic (exact) mass is 406 g/mol.